The first kappa shape index (κ1) is 14.0. The molecule has 0 aliphatic rings. The summed E-state index contributed by atoms with van der Waals surface area (Å²) in [5.74, 6) is 0. The number of halogens is 3. The van der Waals surface area contributed by atoms with Gasteiger partial charge in [0.15, 0.2) is 0 Å². The summed E-state index contributed by atoms with van der Waals surface area (Å²) in [6.45, 7) is 1.52. The molecular weight excluding hydrogens is 259 g/mol. The first-order chi connectivity index (χ1) is 7.63. The summed E-state index contributed by atoms with van der Waals surface area (Å²) in [7, 11) is 1.55. The molecule has 0 saturated heterocycles. The van der Waals surface area contributed by atoms with E-state index in [1.165, 1.54) is 18.5 Å². The summed E-state index contributed by atoms with van der Waals surface area (Å²) in [4.78, 5) is 0. The van der Waals surface area contributed by atoms with Crippen LogP contribution in [0.4, 0.5) is 18.9 Å². The predicted octanol–water partition coefficient (Wildman–Crippen LogP) is 1.54. The molecule has 1 rings (SSSR count). The van der Waals surface area contributed by atoms with Crippen molar-refractivity contribution in [2.24, 2.45) is 7.05 Å². The topological polar surface area (TPSA) is 58.4 Å². The molecule has 9 heteroatoms. The van der Waals surface area contributed by atoms with E-state index in [2.05, 4.69) is 5.10 Å². The molecule has 5 nitrogen and oxygen atoms in total. The van der Waals surface area contributed by atoms with Gasteiger partial charge in [0.2, 0.25) is 0 Å². The highest BCUT2D eigenvalue weighted by Gasteiger charge is 2.35. The van der Waals surface area contributed by atoms with E-state index in [1.807, 2.05) is 0 Å². The lowest BCUT2D eigenvalue weighted by Gasteiger charge is -2.21. The number of nitrogens with zero attached hydrogens (tertiary/aromatic N) is 3. The molecule has 1 heterocycles. The van der Waals surface area contributed by atoms with Gasteiger partial charge in [-0.15, -0.1) is 0 Å². The number of aryl methyl sites for hydroxylation is 2. The molecule has 0 amide bonds. The van der Waals surface area contributed by atoms with Crippen LogP contribution in [-0.4, -0.2) is 31.3 Å². The van der Waals surface area contributed by atoms with Gasteiger partial charge in [0.1, 0.15) is 6.54 Å². The minimum atomic E-state index is -4.56. The van der Waals surface area contributed by atoms with Crippen LogP contribution in [0.25, 0.3) is 0 Å². The van der Waals surface area contributed by atoms with Crippen molar-refractivity contribution in [1.82, 2.24) is 9.78 Å². The van der Waals surface area contributed by atoms with Crippen molar-refractivity contribution >= 4 is 17.0 Å². The Balaban J connectivity index is 3.19. The standard InChI is InChI=1S/C8H12F3N3O2S/c1-5-7(6(2)13(3)12-5)14(17(15)16)4-8(9,10)11/h4H2,1-3H3,(H,15,16). The zero-order valence-electron chi connectivity index (χ0n) is 9.45. The highest BCUT2D eigenvalue weighted by atomic mass is 32.2. The third-order valence-electron chi connectivity index (χ3n) is 2.23. The smallest absolute Gasteiger partial charge is 0.289 e. The molecule has 0 radical (unpaired) electrons. The predicted molar refractivity (Wildman–Crippen MR) is 56.9 cm³/mol. The second kappa shape index (κ2) is 4.65. The fourth-order valence-corrected chi connectivity index (χ4v) is 2.18. The van der Waals surface area contributed by atoms with Crippen molar-refractivity contribution in [2.45, 2.75) is 20.0 Å². The molecule has 0 bridgehead atoms. The van der Waals surface area contributed by atoms with E-state index >= 15 is 0 Å². The van der Waals surface area contributed by atoms with Crippen LogP contribution in [0.3, 0.4) is 0 Å². The molecule has 0 fully saturated rings. The molecule has 1 aromatic rings. The fraction of sp³-hybridized carbons (Fsp3) is 0.625. The normalized spacial score (nSPS) is 13.8. The van der Waals surface area contributed by atoms with Gasteiger partial charge in [-0.1, -0.05) is 0 Å². The van der Waals surface area contributed by atoms with E-state index in [9.17, 15) is 17.4 Å². The van der Waals surface area contributed by atoms with Crippen molar-refractivity contribution in [3.63, 3.8) is 0 Å². The fourth-order valence-electron chi connectivity index (χ4n) is 1.50. The van der Waals surface area contributed by atoms with Gasteiger partial charge in [-0.05, 0) is 13.8 Å². The largest absolute Gasteiger partial charge is 0.407 e. The number of alkyl halides is 3. The van der Waals surface area contributed by atoms with Crippen LogP contribution in [0, 0.1) is 13.8 Å². The maximum absolute atomic E-state index is 12.3. The average molecular weight is 271 g/mol. The molecule has 0 saturated carbocycles. The SMILES string of the molecule is Cc1nn(C)c(C)c1N(CC(F)(F)F)S(=O)O. The Bertz CT molecular complexity index is 444. The Morgan fingerprint density at radius 1 is 1.47 bits per heavy atom. The highest BCUT2D eigenvalue weighted by molar-refractivity contribution is 7.80. The summed E-state index contributed by atoms with van der Waals surface area (Å²) >= 11 is -2.75. The summed E-state index contributed by atoms with van der Waals surface area (Å²) in [6, 6.07) is 0. The van der Waals surface area contributed by atoms with Gasteiger partial charge in [0.25, 0.3) is 11.3 Å². The molecule has 1 unspecified atom stereocenters. The Morgan fingerprint density at radius 3 is 2.29 bits per heavy atom. The second-order valence-electron chi connectivity index (χ2n) is 3.53. The van der Waals surface area contributed by atoms with Gasteiger partial charge < -0.3 is 0 Å². The van der Waals surface area contributed by atoms with Crippen LogP contribution >= 0.6 is 0 Å². The van der Waals surface area contributed by atoms with Gasteiger partial charge >= 0.3 is 6.18 Å². The molecule has 17 heavy (non-hydrogen) atoms. The monoisotopic (exact) mass is 271 g/mol. The van der Waals surface area contributed by atoms with E-state index in [-0.39, 0.29) is 11.4 Å². The lowest BCUT2D eigenvalue weighted by molar-refractivity contribution is -0.117. The van der Waals surface area contributed by atoms with E-state index < -0.39 is 24.0 Å². The van der Waals surface area contributed by atoms with Crippen molar-refractivity contribution < 1.29 is 21.9 Å². The maximum Gasteiger partial charge on any atom is 0.407 e. The van der Waals surface area contributed by atoms with Crippen molar-refractivity contribution in [2.75, 3.05) is 10.8 Å². The number of hydrogen-bond donors (Lipinski definition) is 1. The van der Waals surface area contributed by atoms with Gasteiger partial charge in [-0.2, -0.15) is 18.3 Å². The minimum Gasteiger partial charge on any atom is -0.289 e. The molecule has 0 aliphatic carbocycles. The van der Waals surface area contributed by atoms with Crippen molar-refractivity contribution in [3.05, 3.63) is 11.4 Å². The summed E-state index contributed by atoms with van der Waals surface area (Å²) < 4.78 is 58.6. The van der Waals surface area contributed by atoms with E-state index in [4.69, 9.17) is 4.55 Å². The van der Waals surface area contributed by atoms with Crippen molar-refractivity contribution in [3.8, 4) is 0 Å². The van der Waals surface area contributed by atoms with E-state index in [0.717, 1.165) is 0 Å². The third kappa shape index (κ3) is 3.19. The summed E-state index contributed by atoms with van der Waals surface area (Å²) in [6.07, 6.45) is -4.56. The van der Waals surface area contributed by atoms with Crippen LogP contribution < -0.4 is 4.31 Å². The van der Waals surface area contributed by atoms with E-state index in [0.29, 0.717) is 10.00 Å². The first-order valence-corrected chi connectivity index (χ1v) is 5.65. The summed E-state index contributed by atoms with van der Waals surface area (Å²) in [5.41, 5.74) is 0.705. The molecule has 0 aromatic carbocycles. The van der Waals surface area contributed by atoms with Gasteiger partial charge in [-0.25, -0.2) is 4.21 Å². The minimum absolute atomic E-state index is 0.0330. The Kier molecular flexibility index (Phi) is 3.82. The average Bonchev–Trinajstić information content (AvgIpc) is 2.36. The molecule has 1 N–H and O–H groups in total. The Morgan fingerprint density at radius 2 is 2.00 bits per heavy atom. The van der Waals surface area contributed by atoms with Crippen LogP contribution in [-0.2, 0) is 18.3 Å². The zero-order chi connectivity index (χ0) is 13.4. The lowest BCUT2D eigenvalue weighted by Crippen LogP contribution is -2.36. The van der Waals surface area contributed by atoms with Gasteiger partial charge in [0.05, 0.1) is 17.1 Å². The second-order valence-corrected chi connectivity index (χ2v) is 4.43. The Labute approximate surface area is 98.6 Å². The van der Waals surface area contributed by atoms with Crippen LogP contribution in [0.2, 0.25) is 0 Å². The quantitative estimate of drug-likeness (QED) is 0.848. The van der Waals surface area contributed by atoms with Crippen molar-refractivity contribution in [1.29, 1.82) is 0 Å². The summed E-state index contributed by atoms with van der Waals surface area (Å²) in [5, 5.41) is 3.91. The first-order valence-electron chi connectivity index (χ1n) is 4.59. The lowest BCUT2D eigenvalue weighted by atomic mass is 10.3. The molecule has 98 valence electrons. The number of hydrogen-bond acceptors (Lipinski definition) is 2. The Hall–Kier alpha value is -1.09. The molecule has 1 aromatic heterocycles. The van der Waals surface area contributed by atoms with Gasteiger partial charge in [-0.3, -0.25) is 13.5 Å². The maximum atomic E-state index is 12.3. The third-order valence-corrected chi connectivity index (χ3v) is 2.92. The van der Waals surface area contributed by atoms with E-state index in [1.54, 1.807) is 7.05 Å². The number of rotatable bonds is 3. The zero-order valence-corrected chi connectivity index (χ0v) is 10.3. The number of aromatic nitrogens is 2. The van der Waals surface area contributed by atoms with Crippen LogP contribution in [0.15, 0.2) is 0 Å². The molecule has 1 atom stereocenters. The molecular formula is C8H12F3N3O2S. The highest BCUT2D eigenvalue weighted by Crippen LogP contribution is 2.28. The molecule has 0 aliphatic heterocycles. The van der Waals surface area contributed by atoms with Crippen LogP contribution in [0.1, 0.15) is 11.4 Å². The van der Waals surface area contributed by atoms with Crippen LogP contribution in [0.5, 0.6) is 0 Å². The molecule has 0 spiro atoms. The van der Waals surface area contributed by atoms with Gasteiger partial charge in [0, 0.05) is 7.05 Å². The number of anilines is 1.